The van der Waals surface area contributed by atoms with E-state index in [0.29, 0.717) is 30.5 Å². The molecule has 1 heterocycles. The molecule has 1 aliphatic heterocycles. The molecule has 0 aliphatic carbocycles. The van der Waals surface area contributed by atoms with Gasteiger partial charge in [-0.25, -0.2) is 0 Å². The maximum absolute atomic E-state index is 11.9. The van der Waals surface area contributed by atoms with Crippen LogP contribution >= 0.6 is 0 Å². The molecule has 0 saturated carbocycles. The third-order valence-corrected chi connectivity index (χ3v) is 6.10. The number of hydrogen-bond donors (Lipinski definition) is 4. The van der Waals surface area contributed by atoms with Crippen molar-refractivity contribution in [2.24, 2.45) is 5.73 Å². The van der Waals surface area contributed by atoms with E-state index in [1.54, 1.807) is 13.0 Å². The summed E-state index contributed by atoms with van der Waals surface area (Å²) in [7, 11) is 0. The molecule has 5 N–H and O–H groups in total. The number of carbonyl (C=O) groups excluding carboxylic acids is 1. The number of aromatic hydroxyl groups is 2. The lowest BCUT2D eigenvalue weighted by molar-refractivity contribution is -0.123. The fourth-order valence-electron chi connectivity index (χ4n) is 4.27. The quantitative estimate of drug-likeness (QED) is 0.438. The van der Waals surface area contributed by atoms with Crippen LogP contribution in [0.15, 0.2) is 55.6 Å². The van der Waals surface area contributed by atoms with Crippen molar-refractivity contribution >= 4 is 5.91 Å². The lowest BCUT2D eigenvalue weighted by atomic mass is 9.94. The highest BCUT2D eigenvalue weighted by Crippen LogP contribution is 2.39. The van der Waals surface area contributed by atoms with Crippen molar-refractivity contribution in [3.63, 3.8) is 0 Å². The van der Waals surface area contributed by atoms with Gasteiger partial charge in [0, 0.05) is 42.4 Å². The average Bonchev–Trinajstić information content (AvgIpc) is 2.79. The van der Waals surface area contributed by atoms with E-state index in [-0.39, 0.29) is 23.4 Å². The van der Waals surface area contributed by atoms with Crippen LogP contribution in [0.3, 0.4) is 0 Å². The van der Waals surface area contributed by atoms with Gasteiger partial charge in [0.15, 0.2) is 0 Å². The fourth-order valence-corrected chi connectivity index (χ4v) is 4.27. The van der Waals surface area contributed by atoms with E-state index in [4.69, 9.17) is 5.73 Å². The van der Waals surface area contributed by atoms with Crippen molar-refractivity contribution in [2.75, 3.05) is 13.1 Å². The first kappa shape index (κ1) is 24.6. The van der Waals surface area contributed by atoms with Gasteiger partial charge in [-0.3, -0.25) is 9.69 Å². The molecule has 0 unspecified atom stereocenters. The van der Waals surface area contributed by atoms with Crippen molar-refractivity contribution in [3.05, 3.63) is 72.3 Å². The third kappa shape index (κ3) is 6.24. The second kappa shape index (κ2) is 11.2. The number of hydrogen-bond acceptors (Lipinski definition) is 5. The Kier molecular flexibility index (Phi) is 8.31. The van der Waals surface area contributed by atoms with Crippen LogP contribution < -0.4 is 11.1 Å². The standard InChI is InChI=1S/C27H35N3O3/c1-4-6-19-8-9-25(31)23(15-19)24-16-20(7-5-2)14-21(26(24)32)17-30-12-10-22(11-13-30)29-27(33)18(3)28/h4-5,8-9,14-16,18,22,31-32H,1-2,6-7,10-13,17,28H2,3H3,(H,29,33)/t18-/m0/s1. The zero-order valence-corrected chi connectivity index (χ0v) is 19.4. The zero-order chi connectivity index (χ0) is 24.0. The lowest BCUT2D eigenvalue weighted by Gasteiger charge is -2.33. The number of rotatable bonds is 9. The summed E-state index contributed by atoms with van der Waals surface area (Å²) in [6.07, 6.45) is 6.67. The minimum absolute atomic E-state index is 0.119. The van der Waals surface area contributed by atoms with Gasteiger partial charge in [0.05, 0.1) is 6.04 Å². The minimum Gasteiger partial charge on any atom is -0.507 e. The maximum Gasteiger partial charge on any atom is 0.236 e. The molecule has 0 aromatic heterocycles. The van der Waals surface area contributed by atoms with Crippen LogP contribution in [0.25, 0.3) is 11.1 Å². The predicted molar refractivity (Wildman–Crippen MR) is 133 cm³/mol. The van der Waals surface area contributed by atoms with Crippen LogP contribution in [0.5, 0.6) is 11.5 Å². The zero-order valence-electron chi connectivity index (χ0n) is 19.4. The van der Waals surface area contributed by atoms with E-state index in [2.05, 4.69) is 23.4 Å². The third-order valence-electron chi connectivity index (χ3n) is 6.10. The van der Waals surface area contributed by atoms with Crippen molar-refractivity contribution in [3.8, 4) is 22.6 Å². The van der Waals surface area contributed by atoms with Gasteiger partial charge in [-0.1, -0.05) is 24.3 Å². The van der Waals surface area contributed by atoms with E-state index in [9.17, 15) is 15.0 Å². The maximum atomic E-state index is 11.9. The van der Waals surface area contributed by atoms with E-state index < -0.39 is 6.04 Å². The van der Waals surface area contributed by atoms with Crippen LogP contribution in [-0.2, 0) is 24.2 Å². The van der Waals surface area contributed by atoms with Gasteiger partial charge >= 0.3 is 0 Å². The van der Waals surface area contributed by atoms with Crippen LogP contribution in [0.2, 0.25) is 0 Å². The van der Waals surface area contributed by atoms with E-state index in [1.165, 1.54) is 0 Å². The molecule has 1 amide bonds. The largest absolute Gasteiger partial charge is 0.507 e. The summed E-state index contributed by atoms with van der Waals surface area (Å²) >= 11 is 0. The summed E-state index contributed by atoms with van der Waals surface area (Å²) in [5, 5.41) is 24.7. The van der Waals surface area contributed by atoms with Gasteiger partial charge in [0.2, 0.25) is 5.91 Å². The number of benzene rings is 2. The normalized spacial score (nSPS) is 15.7. The Morgan fingerprint density at radius 3 is 2.39 bits per heavy atom. The molecule has 176 valence electrons. The van der Waals surface area contributed by atoms with Crippen molar-refractivity contribution in [1.82, 2.24) is 10.2 Å². The topological polar surface area (TPSA) is 98.8 Å². The number of likely N-dealkylation sites (tertiary alicyclic amines) is 1. The first-order chi connectivity index (χ1) is 15.8. The number of phenolic OH excluding ortho intramolecular Hbond substituents is 2. The van der Waals surface area contributed by atoms with Gasteiger partial charge in [0.1, 0.15) is 11.5 Å². The summed E-state index contributed by atoms with van der Waals surface area (Å²) in [6, 6.07) is 8.97. The number of nitrogens with zero attached hydrogens (tertiary/aromatic N) is 1. The molecule has 3 rings (SSSR count). The van der Waals surface area contributed by atoms with Gasteiger partial charge < -0.3 is 21.3 Å². The Hall–Kier alpha value is -3.09. The van der Waals surface area contributed by atoms with Crippen molar-refractivity contribution in [1.29, 1.82) is 0 Å². The summed E-state index contributed by atoms with van der Waals surface area (Å²) in [5.41, 5.74) is 9.74. The first-order valence-corrected chi connectivity index (χ1v) is 11.5. The molecular weight excluding hydrogens is 414 g/mol. The Bertz CT molecular complexity index is 1010. The van der Waals surface area contributed by atoms with Crippen molar-refractivity contribution in [2.45, 2.75) is 51.2 Å². The highest BCUT2D eigenvalue weighted by Gasteiger charge is 2.23. The summed E-state index contributed by atoms with van der Waals surface area (Å²) in [6.45, 7) is 11.5. The van der Waals surface area contributed by atoms with Gasteiger partial charge in [-0.2, -0.15) is 0 Å². The molecule has 6 heteroatoms. The molecule has 1 fully saturated rings. The Morgan fingerprint density at radius 1 is 1.12 bits per heavy atom. The SMILES string of the molecule is C=CCc1ccc(O)c(-c2cc(CC=C)cc(CN3CCC(NC(=O)[C@H](C)N)CC3)c2O)c1. The summed E-state index contributed by atoms with van der Waals surface area (Å²) in [4.78, 5) is 14.2. The van der Waals surface area contributed by atoms with Gasteiger partial charge in [0.25, 0.3) is 0 Å². The number of allylic oxidation sites excluding steroid dienone is 2. The molecule has 2 aromatic carbocycles. The van der Waals surface area contributed by atoms with E-state index >= 15 is 0 Å². The summed E-state index contributed by atoms with van der Waals surface area (Å²) in [5.74, 6) is 0.193. The molecule has 1 atom stereocenters. The molecule has 0 radical (unpaired) electrons. The van der Waals surface area contributed by atoms with Gasteiger partial charge in [-0.15, -0.1) is 13.2 Å². The molecule has 0 bridgehead atoms. The van der Waals surface area contributed by atoms with Crippen LogP contribution in [0, 0.1) is 0 Å². The minimum atomic E-state index is -0.507. The molecule has 1 aliphatic rings. The van der Waals surface area contributed by atoms with E-state index in [1.807, 2.05) is 36.4 Å². The highest BCUT2D eigenvalue weighted by molar-refractivity contribution is 5.81. The number of nitrogens with two attached hydrogens (primary N) is 1. The molecule has 6 nitrogen and oxygen atoms in total. The number of piperidine rings is 1. The predicted octanol–water partition coefficient (Wildman–Crippen LogP) is 3.65. The first-order valence-electron chi connectivity index (χ1n) is 11.5. The average molecular weight is 450 g/mol. The second-order valence-corrected chi connectivity index (χ2v) is 8.84. The Balaban J connectivity index is 1.83. The molecule has 33 heavy (non-hydrogen) atoms. The van der Waals surface area contributed by atoms with E-state index in [0.717, 1.165) is 42.6 Å². The second-order valence-electron chi connectivity index (χ2n) is 8.84. The van der Waals surface area contributed by atoms with Crippen LogP contribution in [0.1, 0.15) is 36.5 Å². The number of phenols is 2. The Labute approximate surface area is 196 Å². The van der Waals surface area contributed by atoms with Gasteiger partial charge in [-0.05, 0) is 61.9 Å². The van der Waals surface area contributed by atoms with Crippen LogP contribution in [-0.4, -0.2) is 46.2 Å². The number of carbonyl (C=O) groups is 1. The number of nitrogens with one attached hydrogen (secondary N) is 1. The van der Waals surface area contributed by atoms with Crippen LogP contribution in [0.4, 0.5) is 0 Å². The molecule has 1 saturated heterocycles. The molecule has 2 aromatic rings. The Morgan fingerprint density at radius 2 is 1.76 bits per heavy atom. The van der Waals surface area contributed by atoms with Crippen molar-refractivity contribution < 1.29 is 15.0 Å². The monoisotopic (exact) mass is 449 g/mol. The number of amides is 1. The molecular formula is C27H35N3O3. The smallest absolute Gasteiger partial charge is 0.236 e. The summed E-state index contributed by atoms with van der Waals surface area (Å²) < 4.78 is 0. The lowest BCUT2D eigenvalue weighted by Crippen LogP contribution is -2.48. The fraction of sp³-hybridized carbons (Fsp3) is 0.370. The molecule has 0 spiro atoms. The highest BCUT2D eigenvalue weighted by atomic mass is 16.3.